The summed E-state index contributed by atoms with van der Waals surface area (Å²) in [7, 11) is 1.46. The Morgan fingerprint density at radius 2 is 2.12 bits per heavy atom. The lowest BCUT2D eigenvalue weighted by atomic mass is 10.1. The highest BCUT2D eigenvalue weighted by Crippen LogP contribution is 2.12. The van der Waals surface area contributed by atoms with Crippen molar-refractivity contribution in [1.29, 1.82) is 0 Å². The number of ether oxygens (including phenoxy) is 1. The van der Waals surface area contributed by atoms with Gasteiger partial charge < -0.3 is 15.8 Å². The van der Waals surface area contributed by atoms with Gasteiger partial charge in [0.1, 0.15) is 17.6 Å². The van der Waals surface area contributed by atoms with E-state index in [4.69, 9.17) is 22.7 Å². The smallest absolute Gasteiger partial charge is 0.246 e. The molecule has 1 unspecified atom stereocenters. The molecule has 16 heavy (non-hydrogen) atoms. The number of benzene rings is 1. The number of nitrogens with one attached hydrogen (secondary N) is 1. The molecule has 0 fully saturated rings. The van der Waals surface area contributed by atoms with Gasteiger partial charge in [0.25, 0.3) is 0 Å². The van der Waals surface area contributed by atoms with Crippen LogP contribution in [0.1, 0.15) is 11.6 Å². The van der Waals surface area contributed by atoms with Gasteiger partial charge in [0.05, 0.1) is 0 Å². The van der Waals surface area contributed by atoms with E-state index in [1.165, 1.54) is 7.11 Å². The third-order valence-corrected chi connectivity index (χ3v) is 2.23. The molecular weight excluding hydrogens is 224 g/mol. The van der Waals surface area contributed by atoms with Gasteiger partial charge in [-0.2, -0.15) is 0 Å². The number of hydrogen-bond donors (Lipinski definition) is 2. The molecule has 0 aliphatic carbocycles. The lowest BCUT2D eigenvalue weighted by Gasteiger charge is -2.17. The van der Waals surface area contributed by atoms with E-state index in [-0.39, 0.29) is 17.5 Å². The molecule has 1 aromatic rings. The first-order valence-corrected chi connectivity index (χ1v) is 5.18. The number of nitrogens with two attached hydrogens (primary N) is 1. The molecule has 0 saturated heterocycles. The maximum absolute atomic E-state index is 11.4. The zero-order valence-corrected chi connectivity index (χ0v) is 9.79. The van der Waals surface area contributed by atoms with Crippen molar-refractivity contribution in [2.45, 2.75) is 6.04 Å². The Morgan fingerprint density at radius 3 is 2.62 bits per heavy atom. The maximum atomic E-state index is 11.4. The number of rotatable bonds is 5. The number of amides is 1. The maximum Gasteiger partial charge on any atom is 0.246 e. The van der Waals surface area contributed by atoms with Gasteiger partial charge in [0, 0.05) is 7.11 Å². The zero-order valence-electron chi connectivity index (χ0n) is 8.97. The predicted molar refractivity (Wildman–Crippen MR) is 66.0 cm³/mol. The van der Waals surface area contributed by atoms with Gasteiger partial charge in [0.15, 0.2) is 0 Å². The van der Waals surface area contributed by atoms with Gasteiger partial charge in [-0.25, -0.2) is 0 Å². The van der Waals surface area contributed by atoms with E-state index in [1.54, 1.807) is 0 Å². The Hall–Kier alpha value is -1.46. The fourth-order valence-corrected chi connectivity index (χ4v) is 1.49. The van der Waals surface area contributed by atoms with Crippen LogP contribution in [0.2, 0.25) is 0 Å². The van der Waals surface area contributed by atoms with Crippen LogP contribution in [0.3, 0.4) is 0 Å². The second kappa shape index (κ2) is 6.19. The van der Waals surface area contributed by atoms with Gasteiger partial charge in [-0.1, -0.05) is 42.5 Å². The van der Waals surface area contributed by atoms with E-state index >= 15 is 0 Å². The second-order valence-electron chi connectivity index (χ2n) is 3.25. The van der Waals surface area contributed by atoms with Crippen LogP contribution in [-0.4, -0.2) is 24.6 Å². The van der Waals surface area contributed by atoms with E-state index in [9.17, 15) is 4.79 Å². The average Bonchev–Trinajstić information content (AvgIpc) is 2.27. The lowest BCUT2D eigenvalue weighted by Crippen LogP contribution is -2.38. The fraction of sp³-hybridized carbons (Fsp3) is 0.273. The molecule has 1 amide bonds. The number of hydrogen-bond acceptors (Lipinski definition) is 3. The lowest BCUT2D eigenvalue weighted by molar-refractivity contribution is -0.125. The second-order valence-corrected chi connectivity index (χ2v) is 3.72. The molecule has 0 heterocycles. The van der Waals surface area contributed by atoms with Gasteiger partial charge in [-0.15, -0.1) is 0 Å². The minimum absolute atomic E-state index is 0.00799. The number of thiocarbonyl (C=S) groups is 1. The first-order chi connectivity index (χ1) is 7.65. The highest BCUT2D eigenvalue weighted by molar-refractivity contribution is 7.80. The Labute approximate surface area is 99.8 Å². The molecule has 5 heteroatoms. The van der Waals surface area contributed by atoms with Crippen LogP contribution in [-0.2, 0) is 9.53 Å². The highest BCUT2D eigenvalue weighted by Gasteiger charge is 2.16. The minimum Gasteiger partial charge on any atom is -0.391 e. The molecule has 3 N–H and O–H groups in total. The van der Waals surface area contributed by atoms with E-state index in [0.29, 0.717) is 0 Å². The summed E-state index contributed by atoms with van der Waals surface area (Å²) in [5, 5.41) is 2.70. The van der Waals surface area contributed by atoms with Crippen LogP contribution in [0.25, 0.3) is 0 Å². The zero-order chi connectivity index (χ0) is 12.0. The predicted octanol–water partition coefficient (Wildman–Crippen LogP) is 0.776. The normalized spacial score (nSPS) is 11.8. The summed E-state index contributed by atoms with van der Waals surface area (Å²) < 4.78 is 4.72. The highest BCUT2D eigenvalue weighted by atomic mass is 32.1. The first kappa shape index (κ1) is 12.6. The Bertz CT molecular complexity index is 368. The van der Waals surface area contributed by atoms with Crippen molar-refractivity contribution in [3.8, 4) is 0 Å². The minimum atomic E-state index is -0.446. The van der Waals surface area contributed by atoms with Crippen LogP contribution in [0.5, 0.6) is 0 Å². The SMILES string of the molecule is COCC(=O)NC(C(N)=S)c1ccccc1. The van der Waals surface area contributed by atoms with Crippen molar-refractivity contribution < 1.29 is 9.53 Å². The molecule has 4 nitrogen and oxygen atoms in total. The molecule has 0 aliphatic heterocycles. The van der Waals surface area contributed by atoms with Gasteiger partial charge in [-0.05, 0) is 5.56 Å². The fourth-order valence-electron chi connectivity index (χ4n) is 1.30. The Kier molecular flexibility index (Phi) is 4.88. The monoisotopic (exact) mass is 238 g/mol. The van der Waals surface area contributed by atoms with Crippen molar-refractivity contribution in [2.24, 2.45) is 5.73 Å². The van der Waals surface area contributed by atoms with Crippen molar-refractivity contribution in [1.82, 2.24) is 5.32 Å². The van der Waals surface area contributed by atoms with Crippen molar-refractivity contribution in [3.05, 3.63) is 35.9 Å². The summed E-state index contributed by atoms with van der Waals surface area (Å²) >= 11 is 4.92. The number of carbonyl (C=O) groups excluding carboxylic acids is 1. The van der Waals surface area contributed by atoms with E-state index in [2.05, 4.69) is 5.32 Å². The third kappa shape index (κ3) is 3.60. The van der Waals surface area contributed by atoms with Gasteiger partial charge in [-0.3, -0.25) is 4.79 Å². The van der Waals surface area contributed by atoms with Crippen molar-refractivity contribution in [2.75, 3.05) is 13.7 Å². The van der Waals surface area contributed by atoms with E-state index in [0.717, 1.165) is 5.56 Å². The molecule has 0 saturated carbocycles. The van der Waals surface area contributed by atoms with Crippen molar-refractivity contribution in [3.63, 3.8) is 0 Å². The molecule has 86 valence electrons. The molecular formula is C11H14N2O2S. The summed E-state index contributed by atoms with van der Waals surface area (Å²) in [4.78, 5) is 11.6. The molecule has 1 aromatic carbocycles. The van der Waals surface area contributed by atoms with Gasteiger partial charge >= 0.3 is 0 Å². The van der Waals surface area contributed by atoms with Gasteiger partial charge in [0.2, 0.25) is 5.91 Å². The molecule has 0 aromatic heterocycles. The van der Waals surface area contributed by atoms with Crippen LogP contribution < -0.4 is 11.1 Å². The Balaban J connectivity index is 2.77. The molecule has 1 atom stereocenters. The summed E-state index contributed by atoms with van der Waals surface area (Å²) in [6.07, 6.45) is 0. The van der Waals surface area contributed by atoms with Crippen LogP contribution >= 0.6 is 12.2 Å². The quantitative estimate of drug-likeness (QED) is 0.744. The third-order valence-electron chi connectivity index (χ3n) is 2.00. The topological polar surface area (TPSA) is 64.3 Å². The standard InChI is InChI=1S/C11H14N2O2S/c1-15-7-9(14)13-10(11(12)16)8-5-3-2-4-6-8/h2-6,10H,7H2,1H3,(H2,12,16)(H,13,14). The summed E-state index contributed by atoms with van der Waals surface area (Å²) in [6, 6.07) is 8.88. The van der Waals surface area contributed by atoms with Crippen molar-refractivity contribution >= 4 is 23.1 Å². The average molecular weight is 238 g/mol. The molecule has 0 radical (unpaired) electrons. The largest absolute Gasteiger partial charge is 0.391 e. The molecule has 0 aliphatic rings. The molecule has 0 bridgehead atoms. The summed E-state index contributed by atoms with van der Waals surface area (Å²) in [6.45, 7) is -0.00799. The summed E-state index contributed by atoms with van der Waals surface area (Å²) in [5.74, 6) is -0.246. The van der Waals surface area contributed by atoms with Crippen LogP contribution in [0.15, 0.2) is 30.3 Å². The summed E-state index contributed by atoms with van der Waals surface area (Å²) in [5.41, 5.74) is 6.45. The Morgan fingerprint density at radius 1 is 1.50 bits per heavy atom. The number of methoxy groups -OCH3 is 1. The molecule has 0 spiro atoms. The molecule has 1 rings (SSSR count). The van der Waals surface area contributed by atoms with E-state index < -0.39 is 6.04 Å². The van der Waals surface area contributed by atoms with Crippen LogP contribution in [0.4, 0.5) is 0 Å². The van der Waals surface area contributed by atoms with E-state index in [1.807, 2.05) is 30.3 Å². The van der Waals surface area contributed by atoms with Crippen LogP contribution in [0, 0.1) is 0 Å². The number of carbonyl (C=O) groups is 1. The first-order valence-electron chi connectivity index (χ1n) is 4.77.